The number of rotatable bonds is 7. The SMILES string of the molecule is CC(C)(C)OC(=O)N[C@@H](Cc1ccc(Oc2ccc([N+](=O)[O-])cn2)cc1)C(=O)N1CCC[C@H]1C#N. The van der Waals surface area contributed by atoms with Crippen molar-refractivity contribution in [1.29, 1.82) is 5.26 Å². The number of carbonyl (C=O) groups is 2. The lowest BCUT2D eigenvalue weighted by atomic mass is 10.0. The third-order valence-corrected chi connectivity index (χ3v) is 5.19. The second-order valence-corrected chi connectivity index (χ2v) is 9.08. The summed E-state index contributed by atoms with van der Waals surface area (Å²) in [6.45, 7) is 5.65. The van der Waals surface area contributed by atoms with Gasteiger partial charge in [0.15, 0.2) is 0 Å². The molecule has 2 heterocycles. The van der Waals surface area contributed by atoms with Crippen LogP contribution in [0.15, 0.2) is 42.6 Å². The van der Waals surface area contributed by atoms with Gasteiger partial charge >= 0.3 is 6.09 Å². The highest BCUT2D eigenvalue weighted by Gasteiger charge is 2.34. The zero-order valence-corrected chi connectivity index (χ0v) is 19.8. The molecule has 0 spiro atoms. The van der Waals surface area contributed by atoms with Crippen molar-refractivity contribution < 1.29 is 24.0 Å². The second kappa shape index (κ2) is 10.8. The smallest absolute Gasteiger partial charge is 0.408 e. The van der Waals surface area contributed by atoms with Crippen molar-refractivity contribution in [3.05, 3.63) is 58.3 Å². The van der Waals surface area contributed by atoms with E-state index >= 15 is 0 Å². The summed E-state index contributed by atoms with van der Waals surface area (Å²) in [7, 11) is 0. The van der Waals surface area contributed by atoms with E-state index in [0.717, 1.165) is 18.2 Å². The third-order valence-electron chi connectivity index (χ3n) is 5.19. The van der Waals surface area contributed by atoms with Crippen molar-refractivity contribution in [3.8, 4) is 17.7 Å². The number of likely N-dealkylation sites (tertiary alicyclic amines) is 1. The molecule has 3 rings (SSSR count). The molecule has 11 nitrogen and oxygen atoms in total. The van der Waals surface area contributed by atoms with Gasteiger partial charge in [0, 0.05) is 25.1 Å². The number of aromatic nitrogens is 1. The van der Waals surface area contributed by atoms with Crippen LogP contribution < -0.4 is 10.1 Å². The summed E-state index contributed by atoms with van der Waals surface area (Å²) in [6, 6.07) is 10.2. The van der Waals surface area contributed by atoms with Gasteiger partial charge in [-0.3, -0.25) is 14.9 Å². The lowest BCUT2D eigenvalue weighted by Crippen LogP contribution is -2.51. The molecule has 184 valence electrons. The van der Waals surface area contributed by atoms with E-state index in [-0.39, 0.29) is 23.9 Å². The van der Waals surface area contributed by atoms with Gasteiger partial charge in [-0.2, -0.15) is 5.26 Å². The van der Waals surface area contributed by atoms with E-state index in [0.29, 0.717) is 18.7 Å². The first-order chi connectivity index (χ1) is 16.6. The summed E-state index contributed by atoms with van der Waals surface area (Å²) in [6.07, 6.45) is 1.90. The van der Waals surface area contributed by atoms with Gasteiger partial charge < -0.3 is 19.7 Å². The van der Waals surface area contributed by atoms with Crippen molar-refractivity contribution in [2.24, 2.45) is 0 Å². The highest BCUT2D eigenvalue weighted by atomic mass is 16.6. The molecule has 1 saturated heterocycles. The first kappa shape index (κ1) is 25.4. The van der Waals surface area contributed by atoms with E-state index < -0.39 is 28.7 Å². The van der Waals surface area contributed by atoms with Crippen LogP contribution in [0.1, 0.15) is 39.2 Å². The Kier molecular flexibility index (Phi) is 7.86. The van der Waals surface area contributed by atoms with Gasteiger partial charge in [-0.25, -0.2) is 9.78 Å². The molecule has 0 aliphatic carbocycles. The van der Waals surface area contributed by atoms with Gasteiger partial charge in [-0.05, 0) is 51.3 Å². The van der Waals surface area contributed by atoms with Crippen LogP contribution in [-0.4, -0.2) is 51.0 Å². The highest BCUT2D eigenvalue weighted by Crippen LogP contribution is 2.23. The van der Waals surface area contributed by atoms with E-state index in [1.54, 1.807) is 45.0 Å². The Morgan fingerprint density at radius 2 is 2.00 bits per heavy atom. The van der Waals surface area contributed by atoms with E-state index in [2.05, 4.69) is 16.4 Å². The molecule has 1 aromatic heterocycles. The maximum atomic E-state index is 13.2. The zero-order valence-electron chi connectivity index (χ0n) is 19.8. The van der Waals surface area contributed by atoms with E-state index in [4.69, 9.17) is 9.47 Å². The van der Waals surface area contributed by atoms with Crippen LogP contribution in [0.4, 0.5) is 10.5 Å². The number of hydrogen-bond donors (Lipinski definition) is 1. The Morgan fingerprint density at radius 1 is 1.29 bits per heavy atom. The van der Waals surface area contributed by atoms with Crippen molar-refractivity contribution in [3.63, 3.8) is 0 Å². The molecule has 0 bridgehead atoms. The van der Waals surface area contributed by atoms with Crippen LogP contribution in [-0.2, 0) is 16.0 Å². The standard InChI is InChI=1S/C24H27N5O6/c1-24(2,3)35-23(31)27-20(22(30)28-12-4-5-17(28)14-25)13-16-6-9-19(10-7-16)34-21-11-8-18(15-26-21)29(32)33/h6-11,15,17,20H,4-5,12-13H2,1-3H3,(H,27,31)/t17-,20-/m0/s1. The van der Waals surface area contributed by atoms with Crippen molar-refractivity contribution in [2.45, 2.75) is 57.7 Å². The summed E-state index contributed by atoms with van der Waals surface area (Å²) in [5.74, 6) is 0.303. The number of nitro groups is 1. The number of hydrogen-bond acceptors (Lipinski definition) is 8. The molecule has 2 atom stereocenters. The largest absolute Gasteiger partial charge is 0.444 e. The van der Waals surface area contributed by atoms with Crippen LogP contribution >= 0.6 is 0 Å². The quantitative estimate of drug-likeness (QED) is 0.464. The molecular weight excluding hydrogens is 454 g/mol. The minimum Gasteiger partial charge on any atom is -0.444 e. The first-order valence-corrected chi connectivity index (χ1v) is 11.1. The number of nitrogens with zero attached hydrogens (tertiary/aromatic N) is 4. The topological polar surface area (TPSA) is 148 Å². The Hall–Kier alpha value is -4.20. The lowest BCUT2D eigenvalue weighted by molar-refractivity contribution is -0.385. The van der Waals surface area contributed by atoms with E-state index in [1.165, 1.54) is 17.0 Å². The van der Waals surface area contributed by atoms with Crippen LogP contribution in [0.2, 0.25) is 0 Å². The molecule has 1 aliphatic rings. The first-order valence-electron chi connectivity index (χ1n) is 11.1. The van der Waals surface area contributed by atoms with Crippen molar-refractivity contribution in [1.82, 2.24) is 15.2 Å². The molecule has 1 aromatic carbocycles. The summed E-state index contributed by atoms with van der Waals surface area (Å²) in [4.78, 5) is 41.3. The molecule has 2 aromatic rings. The molecule has 35 heavy (non-hydrogen) atoms. The molecule has 0 unspecified atom stereocenters. The summed E-state index contributed by atoms with van der Waals surface area (Å²) < 4.78 is 10.9. The van der Waals surface area contributed by atoms with E-state index in [1.807, 2.05) is 0 Å². The number of amides is 2. The number of nitrogens with one attached hydrogen (secondary N) is 1. The molecule has 1 aliphatic heterocycles. The third kappa shape index (κ3) is 7.14. The highest BCUT2D eigenvalue weighted by molar-refractivity contribution is 5.86. The van der Waals surface area contributed by atoms with Crippen LogP contribution in [0.3, 0.4) is 0 Å². The fourth-order valence-electron chi connectivity index (χ4n) is 3.61. The van der Waals surface area contributed by atoms with Gasteiger partial charge in [-0.1, -0.05) is 12.1 Å². The van der Waals surface area contributed by atoms with Crippen LogP contribution in [0.25, 0.3) is 0 Å². The molecule has 1 N–H and O–H groups in total. The Labute approximate surface area is 202 Å². The van der Waals surface area contributed by atoms with Gasteiger partial charge in [0.05, 0.1) is 11.0 Å². The maximum Gasteiger partial charge on any atom is 0.408 e. The summed E-state index contributed by atoms with van der Waals surface area (Å²) in [5.41, 5.74) is -0.126. The Bertz CT molecular complexity index is 1110. The molecule has 11 heteroatoms. The minimum absolute atomic E-state index is 0.141. The van der Waals surface area contributed by atoms with Gasteiger partial charge in [0.1, 0.15) is 29.6 Å². The van der Waals surface area contributed by atoms with Gasteiger partial charge in [0.2, 0.25) is 11.8 Å². The zero-order chi connectivity index (χ0) is 25.6. The van der Waals surface area contributed by atoms with Crippen LogP contribution in [0.5, 0.6) is 11.6 Å². The lowest BCUT2D eigenvalue weighted by Gasteiger charge is -2.27. The minimum atomic E-state index is -0.915. The van der Waals surface area contributed by atoms with Crippen molar-refractivity contribution >= 4 is 17.7 Å². The second-order valence-electron chi connectivity index (χ2n) is 9.08. The normalized spacial score (nSPS) is 16.2. The molecule has 1 fully saturated rings. The fraction of sp³-hybridized carbons (Fsp3) is 0.417. The van der Waals surface area contributed by atoms with Crippen molar-refractivity contribution in [2.75, 3.05) is 6.54 Å². The predicted molar refractivity (Wildman–Crippen MR) is 125 cm³/mol. The summed E-state index contributed by atoms with van der Waals surface area (Å²) in [5, 5.41) is 22.8. The fourth-order valence-corrected chi connectivity index (χ4v) is 3.61. The molecule has 0 radical (unpaired) electrons. The monoisotopic (exact) mass is 481 g/mol. The number of ether oxygens (including phenoxy) is 2. The molecular formula is C24H27N5O6. The average molecular weight is 482 g/mol. The average Bonchev–Trinajstić information content (AvgIpc) is 3.27. The molecule has 2 amide bonds. The Morgan fingerprint density at radius 3 is 2.57 bits per heavy atom. The maximum absolute atomic E-state index is 13.2. The molecule has 0 saturated carbocycles. The van der Waals surface area contributed by atoms with Gasteiger partial charge in [0.25, 0.3) is 5.69 Å². The number of carbonyl (C=O) groups excluding carboxylic acids is 2. The predicted octanol–water partition coefficient (Wildman–Crippen LogP) is 3.73. The Balaban J connectivity index is 1.72. The number of pyridine rings is 1. The number of benzene rings is 1. The number of nitriles is 1. The summed E-state index contributed by atoms with van der Waals surface area (Å²) >= 11 is 0. The van der Waals surface area contributed by atoms with Gasteiger partial charge in [-0.15, -0.1) is 0 Å². The number of alkyl carbamates (subject to hydrolysis) is 1. The van der Waals surface area contributed by atoms with Crippen LogP contribution in [0, 0.1) is 21.4 Å². The van der Waals surface area contributed by atoms with E-state index in [9.17, 15) is 25.0 Å².